The summed E-state index contributed by atoms with van der Waals surface area (Å²) in [4.78, 5) is 15.9. The average molecular weight is 666 g/mol. The number of carbonyl (C=O) groups excluding carboxylic acids is 1. The van der Waals surface area contributed by atoms with Crippen LogP contribution in [0.2, 0.25) is 0 Å². The molecule has 246 valence electrons. The lowest BCUT2D eigenvalue weighted by atomic mass is 9.59. The highest BCUT2D eigenvalue weighted by atomic mass is 32.2. The van der Waals surface area contributed by atoms with Crippen LogP contribution in [0.25, 0.3) is 0 Å². The molecule has 0 fully saturated rings. The van der Waals surface area contributed by atoms with Crippen molar-refractivity contribution in [3.63, 3.8) is 0 Å². The first-order valence-electron chi connectivity index (χ1n) is 16.2. The van der Waals surface area contributed by atoms with Crippen molar-refractivity contribution in [1.82, 2.24) is 0 Å². The Morgan fingerprint density at radius 3 is 2.00 bits per heavy atom. The minimum atomic E-state index is -1.35. The fourth-order valence-electron chi connectivity index (χ4n) is 6.04. The molecule has 3 atom stereocenters. The molecule has 0 radical (unpaired) electrons. The molecule has 0 aromatic heterocycles. The van der Waals surface area contributed by atoms with E-state index in [0.29, 0.717) is 34.1 Å². The van der Waals surface area contributed by atoms with Gasteiger partial charge in [-0.3, -0.25) is 4.79 Å². The molecule has 3 unspecified atom stereocenters. The van der Waals surface area contributed by atoms with E-state index in [2.05, 4.69) is 17.9 Å². The van der Waals surface area contributed by atoms with Crippen LogP contribution in [0.1, 0.15) is 43.4 Å². The Morgan fingerprint density at radius 1 is 0.755 bits per heavy atom. The zero-order valence-corrected chi connectivity index (χ0v) is 28.9. The van der Waals surface area contributed by atoms with E-state index in [1.807, 2.05) is 160 Å². The monoisotopic (exact) mass is 665 g/mol. The van der Waals surface area contributed by atoms with Crippen molar-refractivity contribution in [1.29, 1.82) is 5.26 Å². The molecule has 0 saturated carbocycles. The van der Waals surface area contributed by atoms with Gasteiger partial charge in [-0.05, 0) is 84.5 Å². The fraction of sp³-hybridized carbons (Fsp3) is 0.209. The van der Waals surface area contributed by atoms with E-state index >= 15 is 0 Å². The van der Waals surface area contributed by atoms with Gasteiger partial charge < -0.3 is 14.2 Å². The number of nitriles is 1. The Kier molecular flexibility index (Phi) is 11.8. The van der Waals surface area contributed by atoms with Crippen LogP contribution in [-0.4, -0.2) is 12.2 Å². The van der Waals surface area contributed by atoms with Crippen molar-refractivity contribution < 1.29 is 19.0 Å². The summed E-state index contributed by atoms with van der Waals surface area (Å²) in [6.07, 6.45) is 2.03. The summed E-state index contributed by atoms with van der Waals surface area (Å²) in [7, 11) is 0. The largest absolute Gasteiger partial charge is 0.460 e. The zero-order valence-electron chi connectivity index (χ0n) is 28.1. The summed E-state index contributed by atoms with van der Waals surface area (Å²) in [6.45, 7) is 5.77. The fourth-order valence-corrected chi connectivity index (χ4v) is 6.45. The van der Waals surface area contributed by atoms with E-state index < -0.39 is 23.2 Å². The van der Waals surface area contributed by atoms with E-state index in [-0.39, 0.29) is 12.5 Å². The summed E-state index contributed by atoms with van der Waals surface area (Å²) in [5.74, 6) is 6.82. The minimum absolute atomic E-state index is 0.0398. The van der Waals surface area contributed by atoms with Crippen molar-refractivity contribution in [3.8, 4) is 40.9 Å². The number of esters is 1. The molecule has 5 aromatic rings. The number of nitrogens with zero attached hydrogens (tertiary/aromatic N) is 1. The normalized spacial score (nSPS) is 13.1. The predicted molar refractivity (Wildman–Crippen MR) is 196 cm³/mol. The van der Waals surface area contributed by atoms with E-state index in [1.165, 1.54) is 0 Å². The van der Waals surface area contributed by atoms with Crippen LogP contribution in [0.5, 0.6) is 23.0 Å². The van der Waals surface area contributed by atoms with Crippen molar-refractivity contribution in [2.24, 2.45) is 17.3 Å². The van der Waals surface area contributed by atoms with E-state index in [0.717, 1.165) is 10.5 Å². The molecule has 0 heterocycles. The minimum Gasteiger partial charge on any atom is -0.460 e. The lowest BCUT2D eigenvalue weighted by Crippen LogP contribution is -2.47. The van der Waals surface area contributed by atoms with Crippen LogP contribution < -0.4 is 9.47 Å². The second-order valence-corrected chi connectivity index (χ2v) is 12.8. The van der Waals surface area contributed by atoms with E-state index in [1.54, 1.807) is 11.8 Å². The Morgan fingerprint density at radius 2 is 1.37 bits per heavy atom. The Hall–Kier alpha value is -5.43. The molecule has 0 spiro atoms. The molecule has 0 amide bonds. The molecular formula is C43H39NO4S. The number of ether oxygens (including phenoxy) is 3. The summed E-state index contributed by atoms with van der Waals surface area (Å²) in [5.41, 5.74) is 0.834. The van der Waals surface area contributed by atoms with Gasteiger partial charge in [0.15, 0.2) is 0 Å². The molecule has 0 bridgehead atoms. The van der Waals surface area contributed by atoms with Crippen LogP contribution in [0.15, 0.2) is 138 Å². The first-order valence-corrected chi connectivity index (χ1v) is 17.4. The second kappa shape index (κ2) is 16.6. The maximum Gasteiger partial charge on any atom is 0.315 e. The van der Waals surface area contributed by atoms with Crippen LogP contribution in [-0.2, 0) is 16.1 Å². The zero-order chi connectivity index (χ0) is 34.6. The number of para-hydroxylation sites is 3. The highest BCUT2D eigenvalue weighted by Gasteiger charge is 2.54. The Balaban J connectivity index is 1.53. The molecule has 0 saturated heterocycles. The lowest BCUT2D eigenvalue weighted by Gasteiger charge is -2.41. The molecule has 49 heavy (non-hydrogen) atoms. The van der Waals surface area contributed by atoms with Gasteiger partial charge in [0.1, 0.15) is 35.0 Å². The third-order valence-electron chi connectivity index (χ3n) is 8.63. The van der Waals surface area contributed by atoms with Crippen LogP contribution >= 0.6 is 11.8 Å². The summed E-state index contributed by atoms with van der Waals surface area (Å²) in [5, 5.41) is 10.9. The molecule has 5 nitrogen and oxygen atoms in total. The van der Waals surface area contributed by atoms with Gasteiger partial charge in [0, 0.05) is 21.9 Å². The molecule has 0 aliphatic rings. The summed E-state index contributed by atoms with van der Waals surface area (Å²) in [6, 6.07) is 44.2. The van der Waals surface area contributed by atoms with Gasteiger partial charge in [0.25, 0.3) is 0 Å². The van der Waals surface area contributed by atoms with Gasteiger partial charge in [0.2, 0.25) is 0 Å². The number of carbonyl (C=O) groups is 1. The van der Waals surface area contributed by atoms with Gasteiger partial charge in [-0.25, -0.2) is 0 Å². The van der Waals surface area contributed by atoms with Crippen LogP contribution in [0.4, 0.5) is 0 Å². The molecular weight excluding hydrogens is 627 g/mol. The van der Waals surface area contributed by atoms with Gasteiger partial charge in [0.05, 0.1) is 12.0 Å². The lowest BCUT2D eigenvalue weighted by molar-refractivity contribution is -0.164. The maximum atomic E-state index is 14.7. The topological polar surface area (TPSA) is 68.5 Å². The van der Waals surface area contributed by atoms with E-state index in [4.69, 9.17) is 14.2 Å². The van der Waals surface area contributed by atoms with Crippen molar-refractivity contribution in [2.45, 2.75) is 38.2 Å². The molecule has 5 rings (SSSR count). The number of benzene rings is 5. The van der Waals surface area contributed by atoms with Gasteiger partial charge in [-0.1, -0.05) is 99.3 Å². The highest BCUT2D eigenvalue weighted by Crippen LogP contribution is 2.50. The third kappa shape index (κ3) is 8.36. The van der Waals surface area contributed by atoms with Crippen molar-refractivity contribution in [2.75, 3.05) is 6.26 Å². The van der Waals surface area contributed by atoms with Gasteiger partial charge in [-0.2, -0.15) is 5.26 Å². The second-order valence-electron chi connectivity index (χ2n) is 12.0. The number of hydrogen-bond donors (Lipinski definition) is 0. The number of rotatable bonds is 12. The molecule has 0 aliphatic heterocycles. The SMILES string of the molecule is CSc1ccc(C#CC(C)C(C(=O)OCc2ccccc2Oc2ccccc2)(C(C)C)C(C#N)c2cccc(Oc3ccccc3)c2)cc1. The van der Waals surface area contributed by atoms with Gasteiger partial charge >= 0.3 is 5.97 Å². The summed E-state index contributed by atoms with van der Waals surface area (Å²) >= 11 is 1.66. The number of thioether (sulfide) groups is 1. The molecule has 0 N–H and O–H groups in total. The Bertz CT molecular complexity index is 1940. The summed E-state index contributed by atoms with van der Waals surface area (Å²) < 4.78 is 18.5. The van der Waals surface area contributed by atoms with Crippen molar-refractivity contribution >= 4 is 17.7 Å². The third-order valence-corrected chi connectivity index (χ3v) is 9.37. The first-order chi connectivity index (χ1) is 23.8. The first kappa shape index (κ1) is 34.9. The van der Waals surface area contributed by atoms with E-state index in [9.17, 15) is 10.1 Å². The van der Waals surface area contributed by atoms with Crippen LogP contribution in [0.3, 0.4) is 0 Å². The highest BCUT2D eigenvalue weighted by molar-refractivity contribution is 7.98. The molecule has 6 heteroatoms. The predicted octanol–water partition coefficient (Wildman–Crippen LogP) is 10.7. The molecule has 0 aliphatic carbocycles. The van der Waals surface area contributed by atoms with Gasteiger partial charge in [-0.15, -0.1) is 11.8 Å². The Labute approximate surface area is 293 Å². The molecule has 5 aromatic carbocycles. The number of hydrogen-bond acceptors (Lipinski definition) is 6. The van der Waals surface area contributed by atoms with Crippen molar-refractivity contribution in [3.05, 3.63) is 150 Å². The smallest absolute Gasteiger partial charge is 0.315 e. The average Bonchev–Trinajstić information content (AvgIpc) is 3.13. The standard InChI is InChI=1S/C43H39NO4S/c1-31(2)43(32(3)22-23-33-24-26-39(49-4)27-25-33,40(29-44)34-15-13-20-38(28-34)47-36-16-7-5-8-17-36)42(45)46-30-35-14-11-12-21-41(35)48-37-18-9-6-10-19-37/h5-21,24-28,31-32,40H,30H2,1-4H3. The maximum absolute atomic E-state index is 14.7. The van der Waals surface area contributed by atoms with Crippen LogP contribution in [0, 0.1) is 40.4 Å². The quantitative estimate of drug-likeness (QED) is 0.0750.